The Morgan fingerprint density at radius 1 is 1.24 bits per heavy atom. The number of amides is 1. The van der Waals surface area contributed by atoms with Crippen LogP contribution in [0.3, 0.4) is 0 Å². The number of carbonyl (C=O) groups excluding carboxylic acids is 1. The van der Waals surface area contributed by atoms with Gasteiger partial charge < -0.3 is 9.88 Å². The molecule has 5 rings (SSSR count). The third-order valence-electron chi connectivity index (χ3n) is 6.38. The van der Waals surface area contributed by atoms with Gasteiger partial charge in [0.2, 0.25) is 5.91 Å². The van der Waals surface area contributed by atoms with Crippen molar-refractivity contribution in [1.82, 2.24) is 29.5 Å². The molecule has 1 aromatic carbocycles. The number of nitrogens with one attached hydrogen (secondary N) is 1. The van der Waals surface area contributed by atoms with Gasteiger partial charge in [0.1, 0.15) is 11.2 Å². The number of fused-ring (bicyclic) bond motifs is 2. The van der Waals surface area contributed by atoms with Crippen molar-refractivity contribution < 1.29 is 13.2 Å². The van der Waals surface area contributed by atoms with Gasteiger partial charge in [0.25, 0.3) is 5.78 Å². The molecule has 1 N–H and O–H groups in total. The van der Waals surface area contributed by atoms with Crippen molar-refractivity contribution in [2.45, 2.75) is 42.9 Å². The number of aromatic amines is 1. The van der Waals surface area contributed by atoms with E-state index in [9.17, 15) is 13.2 Å². The topological polar surface area (TPSA) is 113 Å². The number of likely N-dealkylation sites (tertiary alicyclic amines) is 1. The molecule has 0 bridgehead atoms. The molecule has 10 heteroatoms. The lowest BCUT2D eigenvalue weighted by Crippen LogP contribution is -2.40. The minimum Gasteiger partial charge on any atom is -0.361 e. The highest BCUT2D eigenvalue weighted by Crippen LogP contribution is 2.31. The molecule has 0 radical (unpaired) electrons. The first kappa shape index (κ1) is 21.6. The molecule has 1 atom stereocenters. The first-order chi connectivity index (χ1) is 15.9. The van der Waals surface area contributed by atoms with E-state index in [-0.39, 0.29) is 16.7 Å². The summed E-state index contributed by atoms with van der Waals surface area (Å²) in [4.78, 5) is 26.5. The number of carbonyl (C=O) groups is 1. The highest BCUT2D eigenvalue weighted by Gasteiger charge is 2.31. The maximum absolute atomic E-state index is 13.0. The molecule has 1 amide bonds. The number of piperidine rings is 1. The predicted octanol–water partition coefficient (Wildman–Crippen LogP) is 2.74. The van der Waals surface area contributed by atoms with Gasteiger partial charge in [-0.15, -0.1) is 0 Å². The van der Waals surface area contributed by atoms with Gasteiger partial charge >= 0.3 is 0 Å². The van der Waals surface area contributed by atoms with E-state index >= 15 is 0 Å². The highest BCUT2D eigenvalue weighted by molar-refractivity contribution is 7.90. The summed E-state index contributed by atoms with van der Waals surface area (Å²) >= 11 is 0. The number of benzene rings is 1. The van der Waals surface area contributed by atoms with E-state index in [1.54, 1.807) is 0 Å². The molecule has 0 unspecified atom stereocenters. The van der Waals surface area contributed by atoms with Gasteiger partial charge in [-0.3, -0.25) is 4.79 Å². The summed E-state index contributed by atoms with van der Waals surface area (Å²) in [6.07, 6.45) is 9.55. The zero-order valence-corrected chi connectivity index (χ0v) is 19.3. The standard InChI is InChI=1S/C23H26N6O3S/c1-33(31,32)20-13-25-23-26-15-27-29(23)22(20)17-7-5-11-28(14-17)21(30)10-4-6-16-12-24-19-9-3-2-8-18(16)19/h2-3,8-9,12-13,15,17,24H,4-7,10-11,14H2,1H3/t17-/m1/s1. The van der Waals surface area contributed by atoms with Crippen LogP contribution in [0, 0.1) is 0 Å². The molecule has 1 aliphatic heterocycles. The second-order valence-electron chi connectivity index (χ2n) is 8.64. The SMILES string of the molecule is CS(=O)(=O)c1cnc2ncnn2c1[C@@H]1CCCN(C(=O)CCCc2c[nH]c3ccccc23)C1. The molecular formula is C23H26N6O3S. The van der Waals surface area contributed by atoms with Crippen LogP contribution in [0.2, 0.25) is 0 Å². The summed E-state index contributed by atoms with van der Waals surface area (Å²) in [5, 5.41) is 5.41. The largest absolute Gasteiger partial charge is 0.361 e. The smallest absolute Gasteiger partial charge is 0.252 e. The number of rotatable bonds is 6. The average molecular weight is 467 g/mol. The Morgan fingerprint density at radius 3 is 2.94 bits per heavy atom. The first-order valence-corrected chi connectivity index (χ1v) is 13.0. The highest BCUT2D eigenvalue weighted by atomic mass is 32.2. The predicted molar refractivity (Wildman–Crippen MR) is 124 cm³/mol. The fourth-order valence-electron chi connectivity index (χ4n) is 4.79. The Kier molecular flexibility index (Phi) is 5.61. The molecule has 3 aromatic heterocycles. The number of aryl methyl sites for hydroxylation is 1. The van der Waals surface area contributed by atoms with Gasteiger partial charge in [-0.25, -0.2) is 13.4 Å². The van der Waals surface area contributed by atoms with Gasteiger partial charge in [0, 0.05) is 48.8 Å². The second-order valence-corrected chi connectivity index (χ2v) is 10.6. The van der Waals surface area contributed by atoms with Crippen LogP contribution in [0.25, 0.3) is 16.7 Å². The Labute approximate surface area is 191 Å². The van der Waals surface area contributed by atoms with E-state index < -0.39 is 9.84 Å². The summed E-state index contributed by atoms with van der Waals surface area (Å²) in [5.74, 6) is 0.317. The number of H-pyrrole nitrogens is 1. The Bertz CT molecular complexity index is 1420. The second kappa shape index (κ2) is 8.58. The Balaban J connectivity index is 1.30. The summed E-state index contributed by atoms with van der Waals surface area (Å²) < 4.78 is 26.4. The van der Waals surface area contributed by atoms with Crippen molar-refractivity contribution in [1.29, 1.82) is 0 Å². The van der Waals surface area contributed by atoms with Gasteiger partial charge in [-0.05, 0) is 37.3 Å². The zero-order chi connectivity index (χ0) is 23.0. The number of sulfone groups is 1. The lowest BCUT2D eigenvalue weighted by Gasteiger charge is -2.33. The lowest BCUT2D eigenvalue weighted by atomic mass is 9.94. The van der Waals surface area contributed by atoms with Crippen molar-refractivity contribution >= 4 is 32.4 Å². The summed E-state index contributed by atoms with van der Waals surface area (Å²) in [6, 6.07) is 8.17. The Hall–Kier alpha value is -3.27. The van der Waals surface area contributed by atoms with Crippen LogP contribution in [0.1, 0.15) is 42.9 Å². The molecule has 1 saturated heterocycles. The fourth-order valence-corrected chi connectivity index (χ4v) is 5.67. The number of aromatic nitrogens is 5. The van der Waals surface area contributed by atoms with E-state index in [4.69, 9.17) is 0 Å². The van der Waals surface area contributed by atoms with Crippen molar-refractivity contribution in [3.05, 3.63) is 54.2 Å². The number of hydrogen-bond donors (Lipinski definition) is 1. The van der Waals surface area contributed by atoms with Gasteiger partial charge in [0.05, 0.1) is 11.9 Å². The molecular weight excluding hydrogens is 440 g/mol. The maximum Gasteiger partial charge on any atom is 0.252 e. The third-order valence-corrected chi connectivity index (χ3v) is 7.49. The lowest BCUT2D eigenvalue weighted by molar-refractivity contribution is -0.132. The molecule has 1 aliphatic rings. The van der Waals surface area contributed by atoms with Crippen molar-refractivity contribution in [3.63, 3.8) is 0 Å². The van der Waals surface area contributed by atoms with Crippen LogP contribution in [0.5, 0.6) is 0 Å². The van der Waals surface area contributed by atoms with E-state index in [1.807, 2.05) is 29.3 Å². The quantitative estimate of drug-likeness (QED) is 0.467. The van der Waals surface area contributed by atoms with Crippen LogP contribution in [0.15, 0.2) is 47.9 Å². The van der Waals surface area contributed by atoms with E-state index in [0.717, 1.165) is 31.2 Å². The zero-order valence-electron chi connectivity index (χ0n) is 18.4. The minimum absolute atomic E-state index is 0.101. The summed E-state index contributed by atoms with van der Waals surface area (Å²) in [6.45, 7) is 1.15. The van der Waals surface area contributed by atoms with Crippen LogP contribution in [-0.2, 0) is 21.1 Å². The molecule has 9 nitrogen and oxygen atoms in total. The first-order valence-electron chi connectivity index (χ1n) is 11.1. The normalized spacial score (nSPS) is 17.1. The van der Waals surface area contributed by atoms with Crippen molar-refractivity contribution in [2.75, 3.05) is 19.3 Å². The minimum atomic E-state index is -3.50. The maximum atomic E-state index is 13.0. The van der Waals surface area contributed by atoms with E-state index in [2.05, 4.69) is 26.1 Å². The molecule has 4 heterocycles. The van der Waals surface area contributed by atoms with Gasteiger partial charge in [-0.2, -0.15) is 14.6 Å². The molecule has 1 fully saturated rings. The van der Waals surface area contributed by atoms with Crippen molar-refractivity contribution in [2.24, 2.45) is 0 Å². The molecule has 172 valence electrons. The van der Waals surface area contributed by atoms with Crippen molar-refractivity contribution in [3.8, 4) is 0 Å². The van der Waals surface area contributed by atoms with Crippen LogP contribution in [-0.4, -0.2) is 63.1 Å². The number of hydrogen-bond acceptors (Lipinski definition) is 6. The van der Waals surface area contributed by atoms with Crippen LogP contribution in [0.4, 0.5) is 0 Å². The average Bonchev–Trinajstić information content (AvgIpc) is 3.45. The van der Waals surface area contributed by atoms with Crippen LogP contribution < -0.4 is 0 Å². The number of para-hydroxylation sites is 1. The third kappa shape index (κ3) is 4.22. The molecule has 33 heavy (non-hydrogen) atoms. The fraction of sp³-hybridized carbons (Fsp3) is 0.391. The summed E-state index contributed by atoms with van der Waals surface area (Å²) in [5.41, 5.74) is 2.89. The molecule has 4 aromatic rings. The van der Waals surface area contributed by atoms with Gasteiger partial charge in [-0.1, -0.05) is 18.2 Å². The van der Waals surface area contributed by atoms with E-state index in [1.165, 1.54) is 34.2 Å². The molecule has 0 spiro atoms. The Morgan fingerprint density at radius 2 is 2.09 bits per heavy atom. The molecule has 0 aliphatic carbocycles. The molecule has 0 saturated carbocycles. The van der Waals surface area contributed by atoms with Crippen LogP contribution >= 0.6 is 0 Å². The van der Waals surface area contributed by atoms with Gasteiger partial charge in [0.15, 0.2) is 9.84 Å². The summed E-state index contributed by atoms with van der Waals surface area (Å²) in [7, 11) is -3.50. The monoisotopic (exact) mass is 466 g/mol. The number of nitrogens with zero attached hydrogens (tertiary/aromatic N) is 5. The van der Waals surface area contributed by atoms with E-state index in [0.29, 0.717) is 31.0 Å².